The summed E-state index contributed by atoms with van der Waals surface area (Å²) in [6.07, 6.45) is 3.31. The third-order valence-corrected chi connectivity index (χ3v) is 3.92. The van der Waals surface area contributed by atoms with Gasteiger partial charge in [-0.05, 0) is 31.4 Å². The highest BCUT2D eigenvalue weighted by molar-refractivity contribution is 7.98. The van der Waals surface area contributed by atoms with E-state index in [9.17, 15) is 0 Å². The summed E-state index contributed by atoms with van der Waals surface area (Å²) in [5.74, 6) is 1.11. The smallest absolute Gasteiger partial charge is 0.0931 e. The Kier molecular flexibility index (Phi) is 5.94. The average Bonchev–Trinajstić information content (AvgIpc) is 2.59. The first-order chi connectivity index (χ1) is 6.77. The van der Waals surface area contributed by atoms with Gasteiger partial charge >= 0.3 is 0 Å². The summed E-state index contributed by atoms with van der Waals surface area (Å²) in [6, 6.07) is 4.56. The van der Waals surface area contributed by atoms with Gasteiger partial charge in [0.25, 0.3) is 0 Å². The van der Waals surface area contributed by atoms with Crippen molar-refractivity contribution in [2.75, 3.05) is 18.6 Å². The molecule has 4 heteroatoms. The molecule has 0 saturated heterocycles. The van der Waals surface area contributed by atoms with Crippen molar-refractivity contribution in [1.29, 1.82) is 0 Å². The minimum Gasteiger partial charge on any atom is -0.309 e. The molecule has 1 unspecified atom stereocenters. The van der Waals surface area contributed by atoms with Crippen molar-refractivity contribution in [3.63, 3.8) is 0 Å². The quantitative estimate of drug-likeness (QED) is 0.823. The van der Waals surface area contributed by atoms with Crippen LogP contribution in [0.4, 0.5) is 0 Å². The van der Waals surface area contributed by atoms with E-state index in [4.69, 9.17) is 11.6 Å². The van der Waals surface area contributed by atoms with Crippen LogP contribution in [0.25, 0.3) is 0 Å². The van der Waals surface area contributed by atoms with Crippen LogP contribution in [0.1, 0.15) is 24.3 Å². The Bertz CT molecular complexity index is 262. The second-order valence-electron chi connectivity index (χ2n) is 3.10. The summed E-state index contributed by atoms with van der Waals surface area (Å²) in [7, 11) is 0. The maximum Gasteiger partial charge on any atom is 0.0931 e. The molecule has 1 aromatic heterocycles. The molecule has 1 N–H and O–H groups in total. The molecule has 0 saturated carbocycles. The molecule has 1 heterocycles. The lowest BCUT2D eigenvalue weighted by molar-refractivity contribution is 0.585. The molecule has 0 bridgehead atoms. The van der Waals surface area contributed by atoms with Gasteiger partial charge in [0.05, 0.1) is 10.4 Å². The van der Waals surface area contributed by atoms with Gasteiger partial charge in [-0.3, -0.25) is 0 Å². The van der Waals surface area contributed by atoms with Crippen molar-refractivity contribution in [2.24, 2.45) is 0 Å². The lowest BCUT2D eigenvalue weighted by Crippen LogP contribution is -2.23. The summed E-state index contributed by atoms with van der Waals surface area (Å²) in [4.78, 5) is 1.35. The van der Waals surface area contributed by atoms with Crippen molar-refractivity contribution < 1.29 is 0 Å². The van der Waals surface area contributed by atoms with Gasteiger partial charge in [0.2, 0.25) is 0 Å². The van der Waals surface area contributed by atoms with Crippen molar-refractivity contribution in [3.05, 3.63) is 21.3 Å². The van der Waals surface area contributed by atoms with Crippen LogP contribution < -0.4 is 5.32 Å². The van der Waals surface area contributed by atoms with Gasteiger partial charge in [0.1, 0.15) is 0 Å². The van der Waals surface area contributed by atoms with E-state index in [1.54, 1.807) is 11.3 Å². The van der Waals surface area contributed by atoms with Crippen LogP contribution in [0.3, 0.4) is 0 Å². The largest absolute Gasteiger partial charge is 0.309 e. The normalized spacial score (nSPS) is 13.1. The van der Waals surface area contributed by atoms with E-state index >= 15 is 0 Å². The van der Waals surface area contributed by atoms with Crippen LogP contribution in [-0.4, -0.2) is 18.6 Å². The fraction of sp³-hybridized carbons (Fsp3) is 0.600. The molecule has 0 spiro atoms. The zero-order valence-corrected chi connectivity index (χ0v) is 10.9. The molecule has 1 atom stereocenters. The van der Waals surface area contributed by atoms with Gasteiger partial charge in [0.15, 0.2) is 0 Å². The van der Waals surface area contributed by atoms with Gasteiger partial charge in [-0.1, -0.05) is 18.5 Å². The molecule has 0 fully saturated rings. The molecule has 0 aliphatic carbocycles. The minimum absolute atomic E-state index is 0.461. The molecule has 1 aromatic rings. The number of hydrogen-bond acceptors (Lipinski definition) is 3. The second-order valence-corrected chi connectivity index (χ2v) is 5.76. The Morgan fingerprint density at radius 3 is 2.86 bits per heavy atom. The average molecular weight is 250 g/mol. The summed E-state index contributed by atoms with van der Waals surface area (Å²) < 4.78 is 0.879. The van der Waals surface area contributed by atoms with Crippen LogP contribution in [0, 0.1) is 0 Å². The van der Waals surface area contributed by atoms with Crippen LogP contribution >= 0.6 is 34.7 Å². The topological polar surface area (TPSA) is 12.0 Å². The van der Waals surface area contributed by atoms with E-state index in [0.29, 0.717) is 6.04 Å². The fourth-order valence-electron chi connectivity index (χ4n) is 1.24. The Morgan fingerprint density at radius 2 is 2.36 bits per heavy atom. The van der Waals surface area contributed by atoms with Crippen molar-refractivity contribution in [1.82, 2.24) is 5.32 Å². The first-order valence-corrected chi connectivity index (χ1v) is 7.34. The van der Waals surface area contributed by atoms with Gasteiger partial charge < -0.3 is 5.32 Å². The molecule has 80 valence electrons. The van der Waals surface area contributed by atoms with E-state index in [2.05, 4.69) is 24.6 Å². The number of thioether (sulfide) groups is 1. The van der Waals surface area contributed by atoms with E-state index < -0.39 is 0 Å². The third-order valence-electron chi connectivity index (χ3n) is 1.91. The second kappa shape index (κ2) is 6.72. The molecular weight excluding hydrogens is 234 g/mol. The zero-order chi connectivity index (χ0) is 10.4. The first kappa shape index (κ1) is 12.4. The van der Waals surface area contributed by atoms with E-state index in [0.717, 1.165) is 16.6 Å². The Balaban J connectivity index is 2.57. The number of thiophene rings is 1. The SMILES string of the molecule is CCCNC(CSC)c1ccc(Cl)s1. The lowest BCUT2D eigenvalue weighted by atomic mass is 10.2. The predicted octanol–water partition coefficient (Wildman–Crippen LogP) is 3.81. The van der Waals surface area contributed by atoms with Crippen LogP contribution in [0.15, 0.2) is 12.1 Å². The van der Waals surface area contributed by atoms with Gasteiger partial charge in [-0.15, -0.1) is 11.3 Å². The standard InChI is InChI=1S/C10H16ClNS2/c1-3-6-12-8(7-13-2)9-4-5-10(11)14-9/h4-5,8,12H,3,6-7H2,1-2H3. The number of nitrogens with one attached hydrogen (secondary N) is 1. The van der Waals surface area contributed by atoms with E-state index in [1.807, 2.05) is 17.8 Å². The van der Waals surface area contributed by atoms with Crippen LogP contribution in [0.5, 0.6) is 0 Å². The Morgan fingerprint density at radius 1 is 1.57 bits per heavy atom. The van der Waals surface area contributed by atoms with Crippen molar-refractivity contribution in [2.45, 2.75) is 19.4 Å². The Labute approximate surface area is 99.2 Å². The maximum atomic E-state index is 5.92. The van der Waals surface area contributed by atoms with Crippen LogP contribution in [0.2, 0.25) is 4.34 Å². The first-order valence-electron chi connectivity index (χ1n) is 4.75. The summed E-state index contributed by atoms with van der Waals surface area (Å²) in [5, 5.41) is 3.53. The lowest BCUT2D eigenvalue weighted by Gasteiger charge is -2.15. The summed E-state index contributed by atoms with van der Waals surface area (Å²) >= 11 is 9.46. The molecule has 14 heavy (non-hydrogen) atoms. The molecule has 1 rings (SSSR count). The van der Waals surface area contributed by atoms with Gasteiger partial charge in [-0.2, -0.15) is 11.8 Å². The molecule has 0 aliphatic heterocycles. The predicted molar refractivity (Wildman–Crippen MR) is 68.7 cm³/mol. The highest BCUT2D eigenvalue weighted by atomic mass is 35.5. The van der Waals surface area contributed by atoms with Crippen molar-refractivity contribution in [3.8, 4) is 0 Å². The molecule has 0 radical (unpaired) electrons. The fourth-order valence-corrected chi connectivity index (χ4v) is 3.12. The monoisotopic (exact) mass is 249 g/mol. The zero-order valence-electron chi connectivity index (χ0n) is 8.55. The highest BCUT2D eigenvalue weighted by Crippen LogP contribution is 2.28. The van der Waals surface area contributed by atoms with Crippen LogP contribution in [-0.2, 0) is 0 Å². The number of rotatable bonds is 6. The molecule has 1 nitrogen and oxygen atoms in total. The molecule has 0 aliphatic rings. The van der Waals surface area contributed by atoms with Gasteiger partial charge in [-0.25, -0.2) is 0 Å². The summed E-state index contributed by atoms with van der Waals surface area (Å²) in [6.45, 7) is 3.26. The van der Waals surface area contributed by atoms with Crippen molar-refractivity contribution >= 4 is 34.7 Å². The molecular formula is C10H16ClNS2. The highest BCUT2D eigenvalue weighted by Gasteiger charge is 2.11. The van der Waals surface area contributed by atoms with Gasteiger partial charge in [0, 0.05) is 10.6 Å². The molecule has 0 amide bonds. The van der Waals surface area contributed by atoms with E-state index in [-0.39, 0.29) is 0 Å². The minimum atomic E-state index is 0.461. The Hall–Kier alpha value is 0.300. The van der Waals surface area contributed by atoms with E-state index in [1.165, 1.54) is 11.3 Å². The number of hydrogen-bond donors (Lipinski definition) is 1. The number of halogens is 1. The third kappa shape index (κ3) is 3.81. The summed E-state index contributed by atoms with van der Waals surface area (Å²) in [5.41, 5.74) is 0. The molecule has 0 aromatic carbocycles. The maximum absolute atomic E-state index is 5.92.